The van der Waals surface area contributed by atoms with Crippen molar-refractivity contribution in [1.29, 1.82) is 0 Å². The smallest absolute Gasteiger partial charge is 0.191 e. The summed E-state index contributed by atoms with van der Waals surface area (Å²) >= 11 is 1.80. The quantitative estimate of drug-likeness (QED) is 0.438. The molecule has 6 heteroatoms. The monoisotopic (exact) mass is 347 g/mol. The van der Waals surface area contributed by atoms with E-state index in [9.17, 15) is 0 Å². The molecule has 0 amide bonds. The average molecular weight is 348 g/mol. The van der Waals surface area contributed by atoms with Crippen LogP contribution in [0.2, 0.25) is 0 Å². The summed E-state index contributed by atoms with van der Waals surface area (Å²) in [7, 11) is 1.95. The Labute approximate surface area is 149 Å². The van der Waals surface area contributed by atoms with E-state index >= 15 is 0 Å². The molecule has 0 aliphatic carbocycles. The van der Waals surface area contributed by atoms with E-state index in [-0.39, 0.29) is 5.41 Å². The first-order valence-electron chi connectivity index (χ1n) is 8.55. The predicted molar refractivity (Wildman–Crippen MR) is 103 cm³/mol. The summed E-state index contributed by atoms with van der Waals surface area (Å²) in [6.07, 6.45) is 6.09. The lowest BCUT2D eigenvalue weighted by Gasteiger charge is -2.21. The lowest BCUT2D eigenvalue weighted by Crippen LogP contribution is -2.39. The molecule has 0 aliphatic rings. The highest BCUT2D eigenvalue weighted by Crippen LogP contribution is 2.27. The van der Waals surface area contributed by atoms with Gasteiger partial charge in [-0.05, 0) is 36.8 Å². The van der Waals surface area contributed by atoms with E-state index in [1.165, 1.54) is 10.4 Å². The molecule has 5 nitrogen and oxygen atoms in total. The van der Waals surface area contributed by atoms with Crippen LogP contribution in [-0.4, -0.2) is 35.4 Å². The standard InChI is InChI=1S/C18H29N5S/c1-5-19-17(20-10-6-8-15-12-22-23(4)13-15)21-14-18(2,3)16-9-7-11-24-16/h7,9,11-13H,5-6,8,10,14H2,1-4H3,(H2,19,20,21). The van der Waals surface area contributed by atoms with Crippen molar-refractivity contribution in [3.8, 4) is 0 Å². The summed E-state index contributed by atoms with van der Waals surface area (Å²) in [4.78, 5) is 6.15. The Morgan fingerprint density at radius 1 is 1.38 bits per heavy atom. The van der Waals surface area contributed by atoms with Crippen LogP contribution in [0.5, 0.6) is 0 Å². The van der Waals surface area contributed by atoms with Crippen LogP contribution in [0, 0.1) is 0 Å². The molecule has 0 bridgehead atoms. The van der Waals surface area contributed by atoms with E-state index in [4.69, 9.17) is 4.99 Å². The molecule has 0 fully saturated rings. The van der Waals surface area contributed by atoms with Crippen molar-refractivity contribution in [3.63, 3.8) is 0 Å². The van der Waals surface area contributed by atoms with Gasteiger partial charge in [-0.2, -0.15) is 5.10 Å². The Morgan fingerprint density at radius 2 is 2.21 bits per heavy atom. The zero-order valence-electron chi connectivity index (χ0n) is 15.2. The van der Waals surface area contributed by atoms with Gasteiger partial charge >= 0.3 is 0 Å². The first-order chi connectivity index (χ1) is 11.5. The van der Waals surface area contributed by atoms with E-state index in [1.807, 2.05) is 17.9 Å². The van der Waals surface area contributed by atoms with Crippen LogP contribution in [0.25, 0.3) is 0 Å². The molecular weight excluding hydrogens is 318 g/mol. The third kappa shape index (κ3) is 5.67. The molecule has 0 atom stereocenters. The Bertz CT molecular complexity index is 628. The first kappa shape index (κ1) is 18.5. The lowest BCUT2D eigenvalue weighted by molar-refractivity contribution is 0.548. The number of guanidine groups is 1. The number of nitrogens with one attached hydrogen (secondary N) is 2. The van der Waals surface area contributed by atoms with Gasteiger partial charge in [-0.25, -0.2) is 0 Å². The number of aryl methyl sites for hydroxylation is 2. The van der Waals surface area contributed by atoms with Gasteiger partial charge in [0.05, 0.1) is 12.7 Å². The number of rotatable bonds is 8. The maximum atomic E-state index is 4.77. The van der Waals surface area contributed by atoms with E-state index < -0.39 is 0 Å². The summed E-state index contributed by atoms with van der Waals surface area (Å²) in [5.74, 6) is 0.897. The number of aliphatic imine (C=N–C) groups is 1. The van der Waals surface area contributed by atoms with Gasteiger partial charge in [0.2, 0.25) is 0 Å². The second-order valence-corrected chi connectivity index (χ2v) is 7.56. The van der Waals surface area contributed by atoms with E-state index in [2.05, 4.69) is 60.2 Å². The van der Waals surface area contributed by atoms with Crippen molar-refractivity contribution in [2.24, 2.45) is 12.0 Å². The Kier molecular flexibility index (Phi) is 6.85. The number of hydrogen-bond donors (Lipinski definition) is 2. The molecule has 2 heterocycles. The molecule has 24 heavy (non-hydrogen) atoms. The Morgan fingerprint density at radius 3 is 2.83 bits per heavy atom. The minimum absolute atomic E-state index is 0.0617. The minimum Gasteiger partial charge on any atom is -0.357 e. The summed E-state index contributed by atoms with van der Waals surface area (Å²) in [5.41, 5.74) is 1.34. The zero-order chi connectivity index (χ0) is 17.4. The van der Waals surface area contributed by atoms with Crippen molar-refractivity contribution < 1.29 is 0 Å². The highest BCUT2D eigenvalue weighted by atomic mass is 32.1. The van der Waals surface area contributed by atoms with Gasteiger partial charge < -0.3 is 10.6 Å². The molecule has 132 valence electrons. The molecular formula is C18H29N5S. The molecule has 0 radical (unpaired) electrons. The van der Waals surface area contributed by atoms with Gasteiger partial charge in [-0.3, -0.25) is 9.67 Å². The molecule has 2 aromatic heterocycles. The average Bonchev–Trinajstić information content (AvgIpc) is 3.21. The van der Waals surface area contributed by atoms with Crippen molar-refractivity contribution in [3.05, 3.63) is 40.3 Å². The van der Waals surface area contributed by atoms with Gasteiger partial charge in [-0.15, -0.1) is 11.3 Å². The summed E-state index contributed by atoms with van der Waals surface area (Å²) in [6.45, 7) is 9.12. The van der Waals surface area contributed by atoms with Crippen LogP contribution in [0.15, 0.2) is 34.9 Å². The number of nitrogens with zero attached hydrogens (tertiary/aromatic N) is 3. The van der Waals surface area contributed by atoms with Crippen LogP contribution in [0.4, 0.5) is 0 Å². The Hall–Kier alpha value is -1.82. The predicted octanol–water partition coefficient (Wildman–Crippen LogP) is 2.95. The second-order valence-electron chi connectivity index (χ2n) is 6.61. The Balaban J connectivity index is 1.82. The van der Waals surface area contributed by atoms with Crippen molar-refractivity contribution >= 4 is 17.3 Å². The van der Waals surface area contributed by atoms with Crippen molar-refractivity contribution in [2.45, 2.75) is 39.0 Å². The lowest BCUT2D eigenvalue weighted by atomic mass is 9.92. The summed E-state index contributed by atoms with van der Waals surface area (Å²) < 4.78 is 1.85. The van der Waals surface area contributed by atoms with E-state index in [1.54, 1.807) is 11.3 Å². The molecule has 2 aromatic rings. The molecule has 0 unspecified atom stereocenters. The highest BCUT2D eigenvalue weighted by Gasteiger charge is 2.21. The van der Waals surface area contributed by atoms with Crippen LogP contribution in [-0.2, 0) is 18.9 Å². The molecule has 0 saturated carbocycles. The van der Waals surface area contributed by atoms with Gasteiger partial charge in [0.25, 0.3) is 0 Å². The highest BCUT2D eigenvalue weighted by molar-refractivity contribution is 7.10. The molecule has 0 spiro atoms. The van der Waals surface area contributed by atoms with Crippen LogP contribution < -0.4 is 10.6 Å². The minimum atomic E-state index is 0.0617. The largest absolute Gasteiger partial charge is 0.357 e. The number of aromatic nitrogens is 2. The van der Waals surface area contributed by atoms with Crippen molar-refractivity contribution in [2.75, 3.05) is 19.6 Å². The molecule has 2 rings (SSSR count). The van der Waals surface area contributed by atoms with Gasteiger partial charge in [-0.1, -0.05) is 19.9 Å². The fourth-order valence-corrected chi connectivity index (χ4v) is 3.30. The van der Waals surface area contributed by atoms with Gasteiger partial charge in [0, 0.05) is 36.6 Å². The summed E-state index contributed by atoms with van der Waals surface area (Å²) in [5, 5.41) is 13.1. The molecule has 0 saturated heterocycles. The number of hydrogen-bond acceptors (Lipinski definition) is 3. The van der Waals surface area contributed by atoms with Gasteiger partial charge in [0.1, 0.15) is 0 Å². The fourth-order valence-electron chi connectivity index (χ4n) is 2.46. The third-order valence-electron chi connectivity index (χ3n) is 3.86. The topological polar surface area (TPSA) is 54.2 Å². The zero-order valence-corrected chi connectivity index (χ0v) is 16.0. The first-order valence-corrected chi connectivity index (χ1v) is 9.43. The second kappa shape index (κ2) is 8.87. The van der Waals surface area contributed by atoms with Crippen LogP contribution in [0.3, 0.4) is 0 Å². The van der Waals surface area contributed by atoms with E-state index in [0.29, 0.717) is 0 Å². The molecule has 0 aromatic carbocycles. The SMILES string of the molecule is CCNC(=NCC(C)(C)c1cccs1)NCCCc1cnn(C)c1. The van der Waals surface area contributed by atoms with Crippen LogP contribution in [0.1, 0.15) is 37.6 Å². The molecule has 0 aliphatic heterocycles. The van der Waals surface area contributed by atoms with E-state index in [0.717, 1.165) is 38.4 Å². The number of thiophene rings is 1. The normalized spacial score (nSPS) is 12.4. The van der Waals surface area contributed by atoms with Crippen LogP contribution >= 0.6 is 11.3 Å². The van der Waals surface area contributed by atoms with Crippen molar-refractivity contribution in [1.82, 2.24) is 20.4 Å². The third-order valence-corrected chi connectivity index (χ3v) is 5.09. The summed E-state index contributed by atoms with van der Waals surface area (Å²) in [6, 6.07) is 4.29. The molecule has 2 N–H and O–H groups in total. The fraction of sp³-hybridized carbons (Fsp3) is 0.556. The van der Waals surface area contributed by atoms with Gasteiger partial charge in [0.15, 0.2) is 5.96 Å². The maximum Gasteiger partial charge on any atom is 0.191 e. The maximum absolute atomic E-state index is 4.77.